The fraction of sp³-hybridized carbons (Fsp3) is 0.714. The van der Waals surface area contributed by atoms with Crippen molar-refractivity contribution in [1.82, 2.24) is 19.1 Å². The van der Waals surface area contributed by atoms with E-state index in [1.165, 1.54) is 16.6 Å². The van der Waals surface area contributed by atoms with E-state index >= 15 is 0 Å². The maximum Gasteiger partial charge on any atom is 0.260 e. The van der Waals surface area contributed by atoms with Crippen LogP contribution in [0.5, 0.6) is 0 Å². The molecular formula is C21H33N5O5S2. The lowest BCUT2D eigenvalue weighted by Crippen LogP contribution is -2.57. The summed E-state index contributed by atoms with van der Waals surface area (Å²) < 4.78 is 52.0. The first-order valence-electron chi connectivity index (χ1n) is 11.6. The first-order valence-corrected chi connectivity index (χ1v) is 14.8. The highest BCUT2D eigenvalue weighted by Gasteiger charge is 2.42. The summed E-state index contributed by atoms with van der Waals surface area (Å²) in [7, 11) is -7.02. The molecule has 0 aromatic carbocycles. The highest BCUT2D eigenvalue weighted by molar-refractivity contribution is 7.91. The fourth-order valence-corrected chi connectivity index (χ4v) is 7.70. The molecule has 1 aromatic rings. The molecule has 10 nitrogen and oxygen atoms in total. The van der Waals surface area contributed by atoms with E-state index in [0.717, 1.165) is 32.4 Å². The van der Waals surface area contributed by atoms with Crippen molar-refractivity contribution in [3.05, 3.63) is 23.9 Å². The van der Waals surface area contributed by atoms with Crippen molar-refractivity contribution in [2.75, 3.05) is 50.8 Å². The molecule has 4 rings (SSSR count). The Bertz CT molecular complexity index is 1060. The summed E-state index contributed by atoms with van der Waals surface area (Å²) in [5.41, 5.74) is 6.36. The standard InChI is InChI=1S/C21H33N5O5S2/c22-14-17-4-5-23-20(12-17)33(30,31)26-15-18(13-19(16-26)24-6-2-1-3-7-24)21(27)25-8-10-32(28,29)11-9-25/h4-5,12,18-19H,1-3,6-11,13-16,22H2. The van der Waals surface area contributed by atoms with Crippen LogP contribution in [0.25, 0.3) is 0 Å². The highest BCUT2D eigenvalue weighted by Crippen LogP contribution is 2.29. The molecule has 184 valence electrons. The lowest BCUT2D eigenvalue weighted by Gasteiger charge is -2.44. The Kier molecular flexibility index (Phi) is 7.39. The number of hydrogen-bond acceptors (Lipinski definition) is 8. The normalized spacial score (nSPS) is 27.4. The van der Waals surface area contributed by atoms with Gasteiger partial charge in [-0.3, -0.25) is 9.69 Å². The number of piperidine rings is 2. The number of rotatable bonds is 5. The number of carbonyl (C=O) groups excluding carboxylic acids is 1. The van der Waals surface area contributed by atoms with Gasteiger partial charge in [0.05, 0.1) is 17.4 Å². The van der Waals surface area contributed by atoms with Gasteiger partial charge in [-0.1, -0.05) is 6.42 Å². The topological polar surface area (TPSA) is 134 Å². The molecule has 0 aliphatic carbocycles. The maximum absolute atomic E-state index is 13.5. The van der Waals surface area contributed by atoms with Gasteiger partial charge in [0.25, 0.3) is 10.0 Å². The van der Waals surface area contributed by atoms with E-state index < -0.39 is 25.8 Å². The summed E-state index contributed by atoms with van der Waals surface area (Å²) in [6.45, 7) is 2.71. The molecule has 12 heteroatoms. The molecule has 3 saturated heterocycles. The third-order valence-corrected chi connectivity index (χ3v) is 10.3. The van der Waals surface area contributed by atoms with Crippen LogP contribution in [-0.2, 0) is 31.2 Å². The predicted molar refractivity (Wildman–Crippen MR) is 123 cm³/mol. The van der Waals surface area contributed by atoms with Gasteiger partial charge in [0.1, 0.15) is 0 Å². The zero-order valence-corrected chi connectivity index (χ0v) is 20.4. The van der Waals surface area contributed by atoms with Gasteiger partial charge in [0.2, 0.25) is 5.91 Å². The zero-order valence-electron chi connectivity index (χ0n) is 18.8. The SMILES string of the molecule is NCc1ccnc(S(=O)(=O)N2CC(C(=O)N3CCS(=O)(=O)CC3)CC(N3CCCCC3)C2)c1. The largest absolute Gasteiger partial charge is 0.340 e. The molecule has 33 heavy (non-hydrogen) atoms. The molecule has 0 spiro atoms. The number of carbonyl (C=O) groups is 1. The summed E-state index contributed by atoms with van der Waals surface area (Å²) in [6.07, 6.45) is 5.30. The summed E-state index contributed by atoms with van der Waals surface area (Å²) in [6, 6.07) is 3.11. The molecule has 2 unspecified atom stereocenters. The van der Waals surface area contributed by atoms with Gasteiger partial charge in [0, 0.05) is 45.0 Å². The zero-order chi connectivity index (χ0) is 23.6. The van der Waals surface area contributed by atoms with Crippen molar-refractivity contribution in [2.45, 2.75) is 43.3 Å². The van der Waals surface area contributed by atoms with Crippen LogP contribution in [0.4, 0.5) is 0 Å². The van der Waals surface area contributed by atoms with Gasteiger partial charge in [-0.2, -0.15) is 4.31 Å². The van der Waals surface area contributed by atoms with E-state index in [1.54, 1.807) is 11.0 Å². The number of likely N-dealkylation sites (tertiary alicyclic amines) is 1. The van der Waals surface area contributed by atoms with Crippen LogP contribution in [0.2, 0.25) is 0 Å². The first kappa shape index (κ1) is 24.5. The van der Waals surface area contributed by atoms with Crippen LogP contribution in [-0.4, -0.2) is 98.6 Å². The summed E-state index contributed by atoms with van der Waals surface area (Å²) in [4.78, 5) is 21.3. The average molecular weight is 500 g/mol. The van der Waals surface area contributed by atoms with Crippen LogP contribution < -0.4 is 5.73 Å². The number of aromatic nitrogens is 1. The van der Waals surface area contributed by atoms with Crippen molar-refractivity contribution < 1.29 is 21.6 Å². The Labute approximate surface area is 196 Å². The van der Waals surface area contributed by atoms with Gasteiger partial charge in [0.15, 0.2) is 14.9 Å². The van der Waals surface area contributed by atoms with Crippen LogP contribution in [0, 0.1) is 5.92 Å². The van der Waals surface area contributed by atoms with Crippen LogP contribution in [0.3, 0.4) is 0 Å². The lowest BCUT2D eigenvalue weighted by atomic mass is 9.92. The highest BCUT2D eigenvalue weighted by atomic mass is 32.2. The van der Waals surface area contributed by atoms with Crippen molar-refractivity contribution in [3.8, 4) is 0 Å². The monoisotopic (exact) mass is 499 g/mol. The smallest absolute Gasteiger partial charge is 0.260 e. The van der Waals surface area contributed by atoms with Crippen LogP contribution in [0.1, 0.15) is 31.2 Å². The molecule has 0 saturated carbocycles. The minimum atomic E-state index is -3.91. The minimum absolute atomic E-state index is 0.0428. The number of pyridine rings is 1. The molecule has 0 bridgehead atoms. The number of nitrogens with zero attached hydrogens (tertiary/aromatic N) is 4. The second-order valence-corrected chi connectivity index (χ2v) is 13.4. The Morgan fingerprint density at radius 2 is 1.79 bits per heavy atom. The van der Waals surface area contributed by atoms with Crippen molar-refractivity contribution >= 4 is 25.8 Å². The summed E-state index contributed by atoms with van der Waals surface area (Å²) in [5.74, 6) is -0.757. The van der Waals surface area contributed by atoms with E-state index in [9.17, 15) is 21.6 Å². The van der Waals surface area contributed by atoms with Gasteiger partial charge in [-0.05, 0) is 50.0 Å². The van der Waals surface area contributed by atoms with Crippen molar-refractivity contribution in [3.63, 3.8) is 0 Å². The lowest BCUT2D eigenvalue weighted by molar-refractivity contribution is -0.137. The molecule has 3 fully saturated rings. The predicted octanol–water partition coefficient (Wildman–Crippen LogP) is -0.338. The molecule has 2 atom stereocenters. The molecule has 1 aromatic heterocycles. The quantitative estimate of drug-likeness (QED) is 0.582. The third kappa shape index (κ3) is 5.56. The molecule has 0 radical (unpaired) electrons. The van der Waals surface area contributed by atoms with Crippen molar-refractivity contribution in [1.29, 1.82) is 0 Å². The van der Waals surface area contributed by atoms with E-state index in [-0.39, 0.29) is 54.7 Å². The number of sulfone groups is 1. The molecule has 4 heterocycles. The Morgan fingerprint density at radius 1 is 1.09 bits per heavy atom. The van der Waals surface area contributed by atoms with Crippen LogP contribution >= 0.6 is 0 Å². The van der Waals surface area contributed by atoms with E-state index in [0.29, 0.717) is 18.5 Å². The molecule has 3 aliphatic heterocycles. The minimum Gasteiger partial charge on any atom is -0.340 e. The van der Waals surface area contributed by atoms with E-state index in [2.05, 4.69) is 9.88 Å². The number of amides is 1. The molecular weight excluding hydrogens is 466 g/mol. The van der Waals surface area contributed by atoms with E-state index in [4.69, 9.17) is 5.73 Å². The second kappa shape index (κ2) is 9.95. The first-order chi connectivity index (χ1) is 15.7. The Hall–Kier alpha value is -1.60. The second-order valence-electron chi connectivity index (χ2n) is 9.19. The number of nitrogens with two attached hydrogens (primary N) is 1. The number of sulfonamides is 1. The molecule has 3 aliphatic rings. The van der Waals surface area contributed by atoms with Gasteiger partial charge >= 0.3 is 0 Å². The molecule has 2 N–H and O–H groups in total. The number of hydrogen-bond donors (Lipinski definition) is 1. The Morgan fingerprint density at radius 3 is 2.45 bits per heavy atom. The van der Waals surface area contributed by atoms with E-state index in [1.807, 2.05) is 0 Å². The summed E-state index contributed by atoms with van der Waals surface area (Å²) >= 11 is 0. The van der Waals surface area contributed by atoms with Gasteiger partial charge in [-0.25, -0.2) is 21.8 Å². The maximum atomic E-state index is 13.5. The van der Waals surface area contributed by atoms with Crippen LogP contribution in [0.15, 0.2) is 23.4 Å². The fourth-order valence-electron chi connectivity index (χ4n) is 5.00. The average Bonchev–Trinajstić information content (AvgIpc) is 2.84. The van der Waals surface area contributed by atoms with Crippen molar-refractivity contribution in [2.24, 2.45) is 11.7 Å². The summed E-state index contributed by atoms with van der Waals surface area (Å²) in [5, 5.41) is -0.0555. The van der Waals surface area contributed by atoms with Gasteiger partial charge in [-0.15, -0.1) is 0 Å². The van der Waals surface area contributed by atoms with Gasteiger partial charge < -0.3 is 10.6 Å². The molecule has 1 amide bonds. The third-order valence-electron chi connectivity index (χ3n) is 6.95. The Balaban J connectivity index is 1.58.